The molecule has 5 aromatic rings. The maximum absolute atomic E-state index is 14.2. The van der Waals surface area contributed by atoms with Crippen LogP contribution in [0.5, 0.6) is 0 Å². The van der Waals surface area contributed by atoms with Gasteiger partial charge in [-0.2, -0.15) is 5.10 Å². The van der Waals surface area contributed by atoms with E-state index in [9.17, 15) is 14.4 Å². The van der Waals surface area contributed by atoms with E-state index in [4.69, 9.17) is 0 Å². The number of benzene rings is 3. The van der Waals surface area contributed by atoms with Crippen LogP contribution in [-0.2, 0) is 29.0 Å². The van der Waals surface area contributed by atoms with Gasteiger partial charge in [-0.3, -0.25) is 19.1 Å². The van der Waals surface area contributed by atoms with Crippen LogP contribution in [0.3, 0.4) is 0 Å². The van der Waals surface area contributed by atoms with Crippen molar-refractivity contribution >= 4 is 51.1 Å². The van der Waals surface area contributed by atoms with Gasteiger partial charge in [-0.15, -0.1) is 0 Å². The van der Waals surface area contributed by atoms with Crippen LogP contribution in [0.2, 0.25) is 0 Å². The first-order valence-electron chi connectivity index (χ1n) is 16.7. The predicted molar refractivity (Wildman–Crippen MR) is 199 cm³/mol. The van der Waals surface area contributed by atoms with Crippen molar-refractivity contribution in [3.05, 3.63) is 113 Å². The number of hydrogen-bond acceptors (Lipinski definition) is 6. The highest BCUT2D eigenvalue weighted by atomic mass is 127. The molecule has 10 heteroatoms. The molecule has 3 heterocycles. The van der Waals surface area contributed by atoms with Crippen molar-refractivity contribution in [2.75, 3.05) is 0 Å². The number of likely N-dealkylation sites (tertiary alicyclic amines) is 1. The van der Waals surface area contributed by atoms with Gasteiger partial charge in [0.2, 0.25) is 11.8 Å². The summed E-state index contributed by atoms with van der Waals surface area (Å²) in [7, 11) is 0. The fraction of sp³-hybridized carbons (Fsp3) is 0.333. The first-order chi connectivity index (χ1) is 23.6. The van der Waals surface area contributed by atoms with Gasteiger partial charge in [0.05, 0.1) is 9.57 Å². The third-order valence-electron chi connectivity index (χ3n) is 9.32. The molecule has 0 radical (unpaired) electrons. The van der Waals surface area contributed by atoms with Gasteiger partial charge in [-0.05, 0) is 79.8 Å². The van der Waals surface area contributed by atoms with Gasteiger partial charge in [0, 0.05) is 36.3 Å². The lowest BCUT2D eigenvalue weighted by atomic mass is 9.98. The van der Waals surface area contributed by atoms with Gasteiger partial charge < -0.3 is 10.2 Å². The number of nitrogens with zero attached hydrogens (tertiary/aromatic N) is 5. The molecule has 2 amide bonds. The van der Waals surface area contributed by atoms with Crippen molar-refractivity contribution in [3.63, 3.8) is 0 Å². The van der Waals surface area contributed by atoms with Gasteiger partial charge in [-0.1, -0.05) is 90.2 Å². The number of amides is 2. The van der Waals surface area contributed by atoms with Crippen molar-refractivity contribution < 1.29 is 14.4 Å². The minimum atomic E-state index is -0.609. The molecule has 3 aromatic carbocycles. The third-order valence-corrected chi connectivity index (χ3v) is 11.1. The van der Waals surface area contributed by atoms with Gasteiger partial charge >= 0.3 is 0 Å². The van der Waals surface area contributed by atoms with E-state index < -0.39 is 6.04 Å². The molecule has 1 fully saturated rings. The molecule has 49 heavy (non-hydrogen) atoms. The number of alkyl halides is 1. The molecule has 0 bridgehead atoms. The molecule has 2 aromatic heterocycles. The molecular weight excluding hydrogens is 727 g/mol. The summed E-state index contributed by atoms with van der Waals surface area (Å²) in [6, 6.07) is 23.7. The lowest BCUT2D eigenvalue weighted by molar-refractivity contribution is -0.139. The fourth-order valence-electron chi connectivity index (χ4n) is 6.80. The number of hydrogen-bond donors (Lipinski definition) is 1. The van der Waals surface area contributed by atoms with Crippen molar-refractivity contribution in [3.8, 4) is 11.1 Å². The van der Waals surface area contributed by atoms with Crippen molar-refractivity contribution in [2.45, 2.75) is 76.1 Å². The summed E-state index contributed by atoms with van der Waals surface area (Å²) in [5, 5.41) is 8.67. The summed E-state index contributed by atoms with van der Waals surface area (Å²) in [6.45, 7) is 7.26. The Bertz CT molecular complexity index is 1960. The Morgan fingerprint density at radius 3 is 2.24 bits per heavy atom. The maximum Gasteiger partial charge on any atom is 0.245 e. The fourth-order valence-corrected chi connectivity index (χ4v) is 7.79. The van der Waals surface area contributed by atoms with Gasteiger partial charge in [0.15, 0.2) is 5.78 Å². The smallest absolute Gasteiger partial charge is 0.245 e. The van der Waals surface area contributed by atoms with Crippen LogP contribution < -0.4 is 5.32 Å². The molecule has 1 unspecified atom stereocenters. The highest BCUT2D eigenvalue weighted by molar-refractivity contribution is 14.1. The maximum atomic E-state index is 14.2. The molecule has 1 aliphatic rings. The first kappa shape index (κ1) is 34.4. The van der Waals surface area contributed by atoms with E-state index in [1.807, 2.05) is 62.4 Å². The molecule has 1 saturated heterocycles. The minimum Gasteiger partial charge on any atom is -0.351 e. The van der Waals surface area contributed by atoms with Crippen LogP contribution >= 0.6 is 22.6 Å². The zero-order valence-electron chi connectivity index (χ0n) is 28.3. The lowest BCUT2D eigenvalue weighted by Gasteiger charge is -2.29. The number of carbonyl (C=O) groups is 3. The van der Waals surface area contributed by atoms with Crippen molar-refractivity contribution in [1.29, 1.82) is 0 Å². The summed E-state index contributed by atoms with van der Waals surface area (Å²) in [5.74, 6) is 0.270. The SMILES string of the molecule is CC(=O)c1nn(CC(=O)N2[C@H](I)[C@@H](C)C[C@H]2C(=O)NC(CCc2ccccc2)Cc2ccccc2)c2c(C)cc(-c3cnc(C)nc3)cc12. The summed E-state index contributed by atoms with van der Waals surface area (Å²) in [4.78, 5) is 51.5. The van der Waals surface area contributed by atoms with Crippen LogP contribution in [0.1, 0.15) is 59.7 Å². The van der Waals surface area contributed by atoms with E-state index in [1.54, 1.807) is 22.0 Å². The van der Waals surface area contributed by atoms with Gasteiger partial charge in [0.1, 0.15) is 24.1 Å². The van der Waals surface area contributed by atoms with E-state index in [0.717, 1.165) is 40.6 Å². The number of carbonyl (C=O) groups excluding carboxylic acids is 3. The molecule has 9 nitrogen and oxygen atoms in total. The third kappa shape index (κ3) is 7.74. The van der Waals surface area contributed by atoms with Crippen molar-refractivity contribution in [1.82, 2.24) is 30.0 Å². The lowest BCUT2D eigenvalue weighted by Crippen LogP contribution is -2.51. The van der Waals surface area contributed by atoms with E-state index in [0.29, 0.717) is 29.7 Å². The van der Waals surface area contributed by atoms with E-state index >= 15 is 0 Å². The molecule has 252 valence electrons. The van der Waals surface area contributed by atoms with E-state index in [1.165, 1.54) is 12.5 Å². The molecule has 0 aliphatic carbocycles. The number of fused-ring (bicyclic) bond motifs is 1. The molecular formula is C39H41IN6O3. The Morgan fingerprint density at radius 2 is 1.59 bits per heavy atom. The number of nitrogens with one attached hydrogen (secondary N) is 1. The summed E-state index contributed by atoms with van der Waals surface area (Å²) in [5.41, 5.74) is 5.97. The van der Waals surface area contributed by atoms with Gasteiger partial charge in [-0.25, -0.2) is 9.97 Å². The predicted octanol–water partition coefficient (Wildman–Crippen LogP) is 6.67. The Morgan fingerprint density at radius 1 is 0.939 bits per heavy atom. The molecule has 4 atom stereocenters. The number of Topliss-reactive ketones (excluding diaryl/α,β-unsaturated/α-hetero) is 1. The average Bonchev–Trinajstić information content (AvgIpc) is 3.61. The summed E-state index contributed by atoms with van der Waals surface area (Å²) in [6.07, 6.45) is 6.40. The number of aromatic nitrogens is 4. The Balaban J connectivity index is 1.25. The topological polar surface area (TPSA) is 110 Å². The zero-order valence-corrected chi connectivity index (χ0v) is 30.4. The van der Waals surface area contributed by atoms with Crippen LogP contribution in [0.15, 0.2) is 85.2 Å². The monoisotopic (exact) mass is 768 g/mol. The molecule has 0 spiro atoms. The van der Waals surface area contributed by atoms with E-state index in [-0.39, 0.29) is 40.2 Å². The normalized spacial score (nSPS) is 18.1. The second-order valence-corrected chi connectivity index (χ2v) is 14.4. The Labute approximate surface area is 300 Å². The Kier molecular flexibility index (Phi) is 10.5. The number of halogens is 1. The van der Waals surface area contributed by atoms with Gasteiger partial charge in [0.25, 0.3) is 0 Å². The zero-order chi connectivity index (χ0) is 34.7. The highest BCUT2D eigenvalue weighted by Crippen LogP contribution is 2.35. The second-order valence-electron chi connectivity index (χ2n) is 13.1. The van der Waals surface area contributed by atoms with Crippen LogP contribution in [0.25, 0.3) is 22.0 Å². The molecule has 0 saturated carbocycles. The van der Waals surface area contributed by atoms with Crippen LogP contribution in [0, 0.1) is 19.8 Å². The summed E-state index contributed by atoms with van der Waals surface area (Å²) < 4.78 is 1.46. The van der Waals surface area contributed by atoms with Crippen LogP contribution in [0.4, 0.5) is 0 Å². The van der Waals surface area contributed by atoms with Crippen molar-refractivity contribution in [2.24, 2.45) is 5.92 Å². The number of rotatable bonds is 11. The first-order valence-corrected chi connectivity index (χ1v) is 18.0. The van der Waals surface area contributed by atoms with Crippen LogP contribution in [-0.4, -0.2) is 58.4 Å². The number of aryl methyl sites for hydroxylation is 3. The largest absolute Gasteiger partial charge is 0.351 e. The Hall–Kier alpha value is -4.45. The highest BCUT2D eigenvalue weighted by Gasteiger charge is 2.44. The quantitative estimate of drug-likeness (QED) is 0.0696. The van der Waals surface area contributed by atoms with E-state index in [2.05, 4.69) is 74.2 Å². The molecule has 1 aliphatic heterocycles. The number of ketones is 1. The second kappa shape index (κ2) is 15.0. The molecule has 1 N–H and O–H groups in total. The minimum absolute atomic E-state index is 0.0882. The average molecular weight is 769 g/mol. The summed E-state index contributed by atoms with van der Waals surface area (Å²) >= 11 is 2.29. The molecule has 6 rings (SSSR count). The standard InChI is InChI=1S/C39H41IN6O3/c1-24-17-30(31-21-41-27(4)42-22-31)20-33-36(26(3)47)44-45(37(24)33)23-35(48)46-34(18-25(2)38(46)40)39(49)43-32(19-29-13-9-6-10-14-29)16-15-28-11-7-5-8-12-28/h5-14,17,20-22,25,32,34,38H,15-16,18-19,23H2,1-4H3,(H,43,49)/t25-,32?,34-,38-/m0/s1.